The van der Waals surface area contributed by atoms with Gasteiger partial charge in [0.05, 0.1) is 0 Å². The lowest BCUT2D eigenvalue weighted by molar-refractivity contribution is 0.215. The Morgan fingerprint density at radius 3 is 2.77 bits per heavy atom. The molecule has 0 bridgehead atoms. The SMILES string of the molecule is Fc1cccc2c(N3CCCC(N4CCCC4)C3)ncnc12. The molecule has 22 heavy (non-hydrogen) atoms. The minimum Gasteiger partial charge on any atom is -0.354 e. The second-order valence-electron chi connectivity index (χ2n) is 6.32. The molecule has 116 valence electrons. The van der Waals surface area contributed by atoms with Crippen molar-refractivity contribution in [2.45, 2.75) is 31.7 Å². The molecular formula is C17H21FN4. The minimum atomic E-state index is -0.269. The van der Waals surface area contributed by atoms with Crippen molar-refractivity contribution in [2.75, 3.05) is 31.1 Å². The van der Waals surface area contributed by atoms with Crippen molar-refractivity contribution in [3.05, 3.63) is 30.3 Å². The van der Waals surface area contributed by atoms with E-state index in [9.17, 15) is 4.39 Å². The molecule has 2 saturated heterocycles. The van der Waals surface area contributed by atoms with Crippen LogP contribution >= 0.6 is 0 Å². The van der Waals surface area contributed by atoms with E-state index in [1.807, 2.05) is 6.07 Å². The molecule has 1 atom stereocenters. The van der Waals surface area contributed by atoms with E-state index in [0.717, 1.165) is 24.3 Å². The molecule has 1 aromatic carbocycles. The molecule has 2 fully saturated rings. The summed E-state index contributed by atoms with van der Waals surface area (Å²) in [6.45, 7) is 4.42. The van der Waals surface area contributed by atoms with E-state index < -0.39 is 0 Å². The standard InChI is InChI=1S/C17H21FN4/c18-15-7-3-6-14-16(15)19-12-20-17(14)22-10-4-5-13(11-22)21-8-1-2-9-21/h3,6-7,12-13H,1-2,4-5,8-11H2. The van der Waals surface area contributed by atoms with E-state index in [1.54, 1.807) is 6.07 Å². The summed E-state index contributed by atoms with van der Waals surface area (Å²) in [4.78, 5) is 13.5. The van der Waals surface area contributed by atoms with Gasteiger partial charge in [-0.15, -0.1) is 0 Å². The Hall–Kier alpha value is -1.75. The Morgan fingerprint density at radius 1 is 1.05 bits per heavy atom. The van der Waals surface area contributed by atoms with E-state index >= 15 is 0 Å². The predicted octanol–water partition coefficient (Wildman–Crippen LogP) is 2.83. The van der Waals surface area contributed by atoms with Crippen LogP contribution in [0.2, 0.25) is 0 Å². The lowest BCUT2D eigenvalue weighted by Crippen LogP contribution is -2.47. The van der Waals surface area contributed by atoms with Crippen molar-refractivity contribution in [1.82, 2.24) is 14.9 Å². The van der Waals surface area contributed by atoms with E-state index in [4.69, 9.17) is 0 Å². The van der Waals surface area contributed by atoms with Crippen LogP contribution in [0, 0.1) is 5.82 Å². The van der Waals surface area contributed by atoms with Gasteiger partial charge in [-0.05, 0) is 50.9 Å². The number of nitrogens with zero attached hydrogens (tertiary/aromatic N) is 4. The lowest BCUT2D eigenvalue weighted by Gasteiger charge is -2.38. The number of anilines is 1. The summed E-state index contributed by atoms with van der Waals surface area (Å²) in [7, 11) is 0. The van der Waals surface area contributed by atoms with Gasteiger partial charge >= 0.3 is 0 Å². The molecule has 0 amide bonds. The van der Waals surface area contributed by atoms with E-state index in [0.29, 0.717) is 11.6 Å². The van der Waals surface area contributed by atoms with Gasteiger partial charge in [-0.25, -0.2) is 14.4 Å². The van der Waals surface area contributed by atoms with Crippen LogP contribution in [-0.4, -0.2) is 47.1 Å². The number of likely N-dealkylation sites (tertiary alicyclic amines) is 1. The Morgan fingerprint density at radius 2 is 1.91 bits per heavy atom. The number of hydrogen-bond acceptors (Lipinski definition) is 4. The second-order valence-corrected chi connectivity index (χ2v) is 6.32. The van der Waals surface area contributed by atoms with Gasteiger partial charge < -0.3 is 4.90 Å². The van der Waals surface area contributed by atoms with Crippen LogP contribution in [0.3, 0.4) is 0 Å². The van der Waals surface area contributed by atoms with Gasteiger partial charge in [-0.2, -0.15) is 0 Å². The molecule has 2 aliphatic heterocycles. The number of piperidine rings is 1. The quantitative estimate of drug-likeness (QED) is 0.854. The first-order chi connectivity index (χ1) is 10.8. The summed E-state index contributed by atoms with van der Waals surface area (Å²) in [5, 5.41) is 0.824. The Labute approximate surface area is 130 Å². The molecule has 1 unspecified atom stereocenters. The van der Waals surface area contributed by atoms with Crippen molar-refractivity contribution in [3.63, 3.8) is 0 Å². The monoisotopic (exact) mass is 300 g/mol. The van der Waals surface area contributed by atoms with Crippen LogP contribution in [0.5, 0.6) is 0 Å². The molecule has 0 saturated carbocycles. The zero-order valence-electron chi connectivity index (χ0n) is 12.7. The zero-order chi connectivity index (χ0) is 14.9. The molecule has 0 N–H and O–H groups in total. The summed E-state index contributed by atoms with van der Waals surface area (Å²) in [6.07, 6.45) is 6.55. The van der Waals surface area contributed by atoms with Gasteiger partial charge in [0.25, 0.3) is 0 Å². The fourth-order valence-corrected chi connectivity index (χ4v) is 3.84. The van der Waals surface area contributed by atoms with Gasteiger partial charge in [0.1, 0.15) is 23.5 Å². The van der Waals surface area contributed by atoms with Crippen LogP contribution in [-0.2, 0) is 0 Å². The molecule has 1 aromatic heterocycles. The molecule has 4 rings (SSSR count). The van der Waals surface area contributed by atoms with Crippen molar-refractivity contribution >= 4 is 16.7 Å². The topological polar surface area (TPSA) is 32.3 Å². The van der Waals surface area contributed by atoms with Gasteiger partial charge in [0, 0.05) is 24.5 Å². The first-order valence-electron chi connectivity index (χ1n) is 8.21. The van der Waals surface area contributed by atoms with Gasteiger partial charge in [-0.1, -0.05) is 6.07 Å². The van der Waals surface area contributed by atoms with E-state index in [-0.39, 0.29) is 5.82 Å². The first kappa shape index (κ1) is 13.9. The normalized spacial score (nSPS) is 23.3. The summed E-state index contributed by atoms with van der Waals surface area (Å²) in [5.41, 5.74) is 0.427. The predicted molar refractivity (Wildman–Crippen MR) is 85.5 cm³/mol. The molecule has 2 aromatic rings. The largest absolute Gasteiger partial charge is 0.354 e. The first-order valence-corrected chi connectivity index (χ1v) is 8.21. The number of halogens is 1. The highest BCUT2D eigenvalue weighted by molar-refractivity contribution is 5.89. The van der Waals surface area contributed by atoms with Crippen molar-refractivity contribution < 1.29 is 4.39 Å². The van der Waals surface area contributed by atoms with E-state index in [1.165, 1.54) is 51.2 Å². The third kappa shape index (κ3) is 2.43. The summed E-state index contributed by atoms with van der Waals surface area (Å²) in [6, 6.07) is 5.73. The maximum Gasteiger partial charge on any atom is 0.149 e. The maximum atomic E-state index is 13.9. The summed E-state index contributed by atoms with van der Waals surface area (Å²) >= 11 is 0. The fraction of sp³-hybridized carbons (Fsp3) is 0.529. The Balaban J connectivity index is 1.65. The number of benzene rings is 1. The second kappa shape index (κ2) is 5.80. The number of fused-ring (bicyclic) bond motifs is 1. The van der Waals surface area contributed by atoms with Crippen molar-refractivity contribution in [1.29, 1.82) is 0 Å². The molecule has 2 aliphatic rings. The highest BCUT2D eigenvalue weighted by Gasteiger charge is 2.28. The van der Waals surface area contributed by atoms with Gasteiger partial charge in [-0.3, -0.25) is 4.90 Å². The Kier molecular flexibility index (Phi) is 3.66. The third-order valence-corrected chi connectivity index (χ3v) is 4.95. The summed E-state index contributed by atoms with van der Waals surface area (Å²) in [5.74, 6) is 0.614. The van der Waals surface area contributed by atoms with E-state index in [2.05, 4.69) is 19.8 Å². The number of hydrogen-bond donors (Lipinski definition) is 0. The lowest BCUT2D eigenvalue weighted by atomic mass is 10.0. The Bertz CT molecular complexity index is 669. The number of para-hydroxylation sites is 1. The van der Waals surface area contributed by atoms with Crippen LogP contribution in [0.25, 0.3) is 10.9 Å². The highest BCUT2D eigenvalue weighted by Crippen LogP contribution is 2.28. The molecular weight excluding hydrogens is 279 g/mol. The minimum absolute atomic E-state index is 0.269. The maximum absolute atomic E-state index is 13.9. The van der Waals surface area contributed by atoms with Gasteiger partial charge in [0.2, 0.25) is 0 Å². The molecule has 3 heterocycles. The number of rotatable bonds is 2. The van der Waals surface area contributed by atoms with Crippen LogP contribution < -0.4 is 4.90 Å². The molecule has 5 heteroatoms. The van der Waals surface area contributed by atoms with Crippen molar-refractivity contribution in [3.8, 4) is 0 Å². The number of aromatic nitrogens is 2. The summed E-state index contributed by atoms with van der Waals surface area (Å²) < 4.78 is 13.9. The third-order valence-electron chi connectivity index (χ3n) is 4.95. The molecule has 0 radical (unpaired) electrons. The van der Waals surface area contributed by atoms with Crippen molar-refractivity contribution in [2.24, 2.45) is 0 Å². The smallest absolute Gasteiger partial charge is 0.149 e. The average molecular weight is 300 g/mol. The zero-order valence-corrected chi connectivity index (χ0v) is 12.7. The van der Waals surface area contributed by atoms with Gasteiger partial charge in [0.15, 0.2) is 0 Å². The molecule has 0 spiro atoms. The average Bonchev–Trinajstić information content (AvgIpc) is 3.09. The van der Waals surface area contributed by atoms with Crippen LogP contribution in [0.15, 0.2) is 24.5 Å². The highest BCUT2D eigenvalue weighted by atomic mass is 19.1. The molecule has 4 nitrogen and oxygen atoms in total. The fourth-order valence-electron chi connectivity index (χ4n) is 3.84. The van der Waals surface area contributed by atoms with Crippen LogP contribution in [0.1, 0.15) is 25.7 Å². The van der Waals surface area contributed by atoms with Crippen LogP contribution in [0.4, 0.5) is 10.2 Å². The molecule has 0 aliphatic carbocycles.